The summed E-state index contributed by atoms with van der Waals surface area (Å²) in [6, 6.07) is 3.15. The van der Waals surface area contributed by atoms with E-state index in [1.165, 1.54) is 6.07 Å². The van der Waals surface area contributed by atoms with Gasteiger partial charge in [-0.1, -0.05) is 6.07 Å². The lowest BCUT2D eigenvalue weighted by atomic mass is 10.1. The summed E-state index contributed by atoms with van der Waals surface area (Å²) in [7, 11) is 2.02. The van der Waals surface area contributed by atoms with Gasteiger partial charge in [0, 0.05) is 16.2 Å². The minimum atomic E-state index is -4.66. The van der Waals surface area contributed by atoms with Gasteiger partial charge in [0.25, 0.3) is 0 Å². The van der Waals surface area contributed by atoms with Crippen LogP contribution in [0.25, 0.3) is 0 Å². The Morgan fingerprint density at radius 2 is 1.94 bits per heavy atom. The molecule has 8 heteroatoms. The number of halogens is 4. The molecular weight excluding hydrogens is 281 g/mol. The quantitative estimate of drug-likeness (QED) is 0.803. The number of methoxy groups -OCH3 is 1. The Balaban J connectivity index is 3.41. The molecule has 1 aromatic rings. The lowest BCUT2D eigenvalue weighted by Gasteiger charge is -2.14. The first kappa shape index (κ1) is 14.1. The van der Waals surface area contributed by atoms with Crippen molar-refractivity contribution in [1.29, 1.82) is 0 Å². The molecule has 0 bridgehead atoms. The van der Waals surface area contributed by atoms with Crippen LogP contribution in [-0.2, 0) is 21.0 Å². The van der Waals surface area contributed by atoms with Crippen LogP contribution in [0, 0.1) is 0 Å². The van der Waals surface area contributed by atoms with Gasteiger partial charge in [0.15, 0.2) is 0 Å². The largest absolute Gasteiger partial charge is 0.496 e. The molecule has 0 aliphatic carbocycles. The summed E-state index contributed by atoms with van der Waals surface area (Å²) >= 11 is 0. The maximum atomic E-state index is 12.6. The number of hydrogen-bond acceptors (Lipinski definition) is 3. The molecule has 0 amide bonds. The lowest BCUT2D eigenvalue weighted by Crippen LogP contribution is -2.12. The summed E-state index contributed by atoms with van der Waals surface area (Å²) in [4.78, 5) is 0. The molecule has 0 spiro atoms. The van der Waals surface area contributed by atoms with Gasteiger partial charge in [0.2, 0.25) is 9.05 Å². The van der Waals surface area contributed by atoms with E-state index in [0.717, 1.165) is 19.2 Å². The molecule has 0 atom stereocenters. The first-order valence-corrected chi connectivity index (χ1v) is 6.78. The molecule has 0 aromatic heterocycles. The highest BCUT2D eigenvalue weighted by Gasteiger charge is 2.35. The van der Waals surface area contributed by atoms with Gasteiger partial charge in [-0.15, -0.1) is 0 Å². The minimum Gasteiger partial charge on any atom is -0.496 e. The highest BCUT2D eigenvalue weighted by Crippen LogP contribution is 2.37. The summed E-state index contributed by atoms with van der Waals surface area (Å²) < 4.78 is 64.4. The van der Waals surface area contributed by atoms with Crippen molar-refractivity contribution < 1.29 is 26.3 Å². The van der Waals surface area contributed by atoms with Crippen molar-refractivity contribution in [3.05, 3.63) is 29.3 Å². The Labute approximate surface area is 101 Å². The van der Waals surface area contributed by atoms with Crippen molar-refractivity contribution in [2.24, 2.45) is 0 Å². The molecule has 0 radical (unpaired) electrons. The van der Waals surface area contributed by atoms with Crippen molar-refractivity contribution >= 4 is 19.7 Å². The van der Waals surface area contributed by atoms with Crippen LogP contribution in [0.1, 0.15) is 11.1 Å². The second kappa shape index (κ2) is 4.73. The van der Waals surface area contributed by atoms with E-state index in [0.29, 0.717) is 0 Å². The zero-order chi connectivity index (χ0) is 13.3. The maximum Gasteiger partial charge on any atom is 0.416 e. The zero-order valence-corrected chi connectivity index (χ0v) is 10.2. The normalized spacial score (nSPS) is 12.5. The first-order valence-electron chi connectivity index (χ1n) is 4.30. The van der Waals surface area contributed by atoms with Crippen molar-refractivity contribution in [2.75, 3.05) is 7.11 Å². The summed E-state index contributed by atoms with van der Waals surface area (Å²) in [6.45, 7) is 0. The highest BCUT2D eigenvalue weighted by molar-refractivity contribution is 8.13. The second-order valence-electron chi connectivity index (χ2n) is 3.17. The van der Waals surface area contributed by atoms with Crippen LogP contribution in [-0.4, -0.2) is 15.5 Å². The molecule has 17 heavy (non-hydrogen) atoms. The fourth-order valence-corrected chi connectivity index (χ4v) is 2.31. The van der Waals surface area contributed by atoms with Crippen molar-refractivity contribution in [1.82, 2.24) is 0 Å². The maximum absolute atomic E-state index is 12.6. The standard InChI is InChI=1S/C9H8ClF3O3S/c1-16-8-4-2-3-7(9(11,12)13)6(8)5-17(10,14)15/h2-4H,5H2,1H3. The summed E-state index contributed by atoms with van der Waals surface area (Å²) in [5.41, 5.74) is -1.56. The molecule has 3 nitrogen and oxygen atoms in total. The number of alkyl halides is 3. The Morgan fingerprint density at radius 1 is 1.35 bits per heavy atom. The molecule has 0 fully saturated rings. The van der Waals surface area contributed by atoms with Gasteiger partial charge >= 0.3 is 6.18 Å². The number of ether oxygens (including phenoxy) is 1. The van der Waals surface area contributed by atoms with Crippen molar-refractivity contribution in [2.45, 2.75) is 11.9 Å². The fraction of sp³-hybridized carbons (Fsp3) is 0.333. The fourth-order valence-electron chi connectivity index (χ4n) is 1.34. The summed E-state index contributed by atoms with van der Waals surface area (Å²) in [5.74, 6) is -1.10. The predicted molar refractivity (Wildman–Crippen MR) is 56.5 cm³/mol. The van der Waals surface area contributed by atoms with Crippen LogP contribution < -0.4 is 4.74 Å². The molecule has 0 aliphatic heterocycles. The minimum absolute atomic E-state index is 0.163. The third-order valence-corrected chi connectivity index (χ3v) is 2.94. The first-order chi connectivity index (χ1) is 7.65. The molecule has 0 heterocycles. The SMILES string of the molecule is COc1cccc(C(F)(F)F)c1CS(=O)(=O)Cl. The Morgan fingerprint density at radius 3 is 2.35 bits per heavy atom. The summed E-state index contributed by atoms with van der Waals surface area (Å²) in [6.07, 6.45) is -4.66. The third-order valence-electron chi connectivity index (χ3n) is 1.98. The molecular formula is C9H8ClF3O3S. The molecule has 0 unspecified atom stereocenters. The van der Waals surface area contributed by atoms with E-state index >= 15 is 0 Å². The molecule has 0 aliphatic rings. The van der Waals surface area contributed by atoms with Crippen LogP contribution in [0.15, 0.2) is 18.2 Å². The molecule has 96 valence electrons. The van der Waals surface area contributed by atoms with Gasteiger partial charge in [-0.2, -0.15) is 13.2 Å². The van der Waals surface area contributed by atoms with Crippen LogP contribution >= 0.6 is 10.7 Å². The van der Waals surface area contributed by atoms with E-state index in [1.54, 1.807) is 0 Å². The van der Waals surface area contributed by atoms with Crippen LogP contribution in [0.3, 0.4) is 0 Å². The van der Waals surface area contributed by atoms with Crippen LogP contribution in [0.5, 0.6) is 5.75 Å². The second-order valence-corrected chi connectivity index (χ2v) is 5.94. The van der Waals surface area contributed by atoms with E-state index in [4.69, 9.17) is 15.4 Å². The zero-order valence-electron chi connectivity index (χ0n) is 8.58. The Kier molecular flexibility index (Phi) is 3.93. The lowest BCUT2D eigenvalue weighted by molar-refractivity contribution is -0.138. The average Bonchev–Trinajstić information content (AvgIpc) is 2.13. The van der Waals surface area contributed by atoms with E-state index in [9.17, 15) is 21.6 Å². The van der Waals surface area contributed by atoms with E-state index in [1.807, 2.05) is 0 Å². The van der Waals surface area contributed by atoms with Crippen LogP contribution in [0.2, 0.25) is 0 Å². The van der Waals surface area contributed by atoms with E-state index in [-0.39, 0.29) is 5.75 Å². The molecule has 0 saturated heterocycles. The van der Waals surface area contributed by atoms with E-state index < -0.39 is 32.1 Å². The summed E-state index contributed by atoms with van der Waals surface area (Å²) in [5, 5.41) is 0. The average molecular weight is 289 g/mol. The molecule has 1 aromatic carbocycles. The van der Waals surface area contributed by atoms with Gasteiger partial charge < -0.3 is 4.74 Å². The number of hydrogen-bond donors (Lipinski definition) is 0. The monoisotopic (exact) mass is 288 g/mol. The number of rotatable bonds is 3. The van der Waals surface area contributed by atoms with Gasteiger partial charge in [-0.05, 0) is 12.1 Å². The third kappa shape index (κ3) is 3.78. The number of benzene rings is 1. The predicted octanol–water partition coefficient (Wildman–Crippen LogP) is 2.78. The Bertz CT molecular complexity index is 511. The smallest absolute Gasteiger partial charge is 0.416 e. The van der Waals surface area contributed by atoms with Gasteiger partial charge in [0.1, 0.15) is 5.75 Å². The van der Waals surface area contributed by atoms with Crippen molar-refractivity contribution in [3.8, 4) is 5.75 Å². The topological polar surface area (TPSA) is 43.4 Å². The molecule has 0 saturated carbocycles. The van der Waals surface area contributed by atoms with Crippen molar-refractivity contribution in [3.63, 3.8) is 0 Å². The van der Waals surface area contributed by atoms with Gasteiger partial charge in [0.05, 0.1) is 18.4 Å². The van der Waals surface area contributed by atoms with Crippen LogP contribution in [0.4, 0.5) is 13.2 Å². The molecule has 0 N–H and O–H groups in total. The Hall–Kier alpha value is -0.950. The molecule has 1 rings (SSSR count). The van der Waals surface area contributed by atoms with E-state index in [2.05, 4.69) is 0 Å². The van der Waals surface area contributed by atoms with Gasteiger partial charge in [-0.3, -0.25) is 0 Å². The van der Waals surface area contributed by atoms with Gasteiger partial charge in [-0.25, -0.2) is 8.42 Å². The highest BCUT2D eigenvalue weighted by atomic mass is 35.7.